The Morgan fingerprint density at radius 1 is 0.289 bits per heavy atom. The molecule has 0 radical (unpaired) electrons. The highest BCUT2D eigenvalue weighted by Crippen LogP contribution is 2.31. The highest BCUT2D eigenvalue weighted by atomic mass is 19.2. The Balaban J connectivity index is 0.000000429. The Kier molecular flexibility index (Phi) is 25.0. The second-order valence-corrected chi connectivity index (χ2v) is 18.2. The number of anilines is 1. The van der Waals surface area contributed by atoms with E-state index in [-0.39, 0.29) is 6.15 Å². The van der Waals surface area contributed by atoms with Crippen molar-refractivity contribution in [1.82, 2.24) is 6.15 Å². The summed E-state index contributed by atoms with van der Waals surface area (Å²) in [6, 6.07) is 8.99. The molecular formula is C53H57BF20N2. The van der Waals surface area contributed by atoms with Crippen molar-refractivity contribution in [2.45, 2.75) is 136 Å². The number of benzene rings is 5. The first kappa shape index (κ1) is 64.8. The normalized spacial score (nSPS) is 11.5. The summed E-state index contributed by atoms with van der Waals surface area (Å²) in [6.07, 6.45) is 18.2. The first-order valence-electron chi connectivity index (χ1n) is 24.5. The van der Waals surface area contributed by atoms with Gasteiger partial charge in [0.2, 0.25) is 0 Å². The van der Waals surface area contributed by atoms with Crippen molar-refractivity contribution in [3.8, 4) is 0 Å². The number of quaternary nitrogens is 1. The van der Waals surface area contributed by atoms with E-state index in [9.17, 15) is 52.7 Å². The summed E-state index contributed by atoms with van der Waals surface area (Å²) in [4.78, 5) is 2.68. The predicted octanol–water partition coefficient (Wildman–Crippen LogP) is 16.1. The number of hydrogen-bond acceptors (Lipinski definition) is 1. The van der Waals surface area contributed by atoms with Gasteiger partial charge >= 0.3 is 0 Å². The lowest BCUT2D eigenvalue weighted by atomic mass is 9.12. The van der Waals surface area contributed by atoms with Gasteiger partial charge in [-0.05, 0) is 31.4 Å². The van der Waals surface area contributed by atoms with E-state index in [2.05, 4.69) is 49.9 Å². The van der Waals surface area contributed by atoms with Crippen LogP contribution in [0.1, 0.15) is 135 Å². The lowest BCUT2D eigenvalue weighted by Crippen LogP contribution is -2.81. The summed E-state index contributed by atoms with van der Waals surface area (Å²) >= 11 is 0. The third-order valence-electron chi connectivity index (χ3n) is 13.2. The van der Waals surface area contributed by atoms with E-state index >= 15 is 35.1 Å². The van der Waals surface area contributed by atoms with Gasteiger partial charge in [0.15, 0.2) is 69.8 Å². The van der Waals surface area contributed by atoms with Crippen molar-refractivity contribution in [1.29, 1.82) is 0 Å². The van der Waals surface area contributed by atoms with Crippen LogP contribution < -0.4 is 32.9 Å². The van der Waals surface area contributed by atoms with Gasteiger partial charge in [-0.1, -0.05) is 135 Å². The third-order valence-corrected chi connectivity index (χ3v) is 13.2. The van der Waals surface area contributed by atoms with E-state index < -0.39 is 144 Å². The maximum absolute atomic E-state index is 15.4. The molecule has 0 fully saturated rings. The fraction of sp³-hybridized carbons (Fsp3) is 0.434. The van der Waals surface area contributed by atoms with Gasteiger partial charge in [-0.2, -0.15) is 0 Å². The summed E-state index contributed by atoms with van der Waals surface area (Å²) in [5.74, 6) is -71.4. The van der Waals surface area contributed by atoms with Gasteiger partial charge in [-0.25, -0.2) is 87.8 Å². The van der Waals surface area contributed by atoms with E-state index in [4.69, 9.17) is 0 Å². The van der Waals surface area contributed by atoms with Crippen LogP contribution in [-0.2, 0) is 0 Å². The molecular weight excluding hydrogens is 1060 g/mol. The summed E-state index contributed by atoms with van der Waals surface area (Å²) < 4.78 is 294. The minimum atomic E-state index is -7.22. The van der Waals surface area contributed by atoms with Gasteiger partial charge in [0.05, 0.1) is 0 Å². The fourth-order valence-corrected chi connectivity index (χ4v) is 9.37. The SMILES string of the molecule is CCCCCCCCCCCCN(CCCCCCCCCC)c1ccccc1C.Fc1c(F)c(F)c([B-](c2c(F)c(F)c(F)c(F)c2F)(c2c(F)c(F)c(F)c(F)c2F)c2c(F)c(F)c(F)c(F)c2F)c(F)c1F.[NH4+]. The average molecular weight is 1110 g/mol. The molecule has 5 rings (SSSR count). The molecule has 0 saturated carbocycles. The molecule has 23 heteroatoms. The van der Waals surface area contributed by atoms with Crippen LogP contribution in [0.4, 0.5) is 93.5 Å². The summed E-state index contributed by atoms with van der Waals surface area (Å²) in [5.41, 5.74) is -11.4. The van der Waals surface area contributed by atoms with Crippen LogP contribution >= 0.6 is 0 Å². The van der Waals surface area contributed by atoms with Gasteiger partial charge in [0.1, 0.15) is 52.7 Å². The number of unbranched alkanes of at least 4 members (excludes halogenated alkanes) is 16. The van der Waals surface area contributed by atoms with E-state index in [0.29, 0.717) is 0 Å². The minimum absolute atomic E-state index is 0. The lowest BCUT2D eigenvalue weighted by molar-refractivity contribution is 0.378. The molecule has 0 aliphatic carbocycles. The average Bonchev–Trinajstić information content (AvgIpc) is 3.39. The number of aryl methyl sites for hydroxylation is 1. The first-order valence-corrected chi connectivity index (χ1v) is 24.5. The molecule has 0 aliphatic rings. The maximum atomic E-state index is 15.4. The highest BCUT2D eigenvalue weighted by molar-refractivity contribution is 7.20. The molecule has 4 N–H and O–H groups in total. The molecule has 0 amide bonds. The topological polar surface area (TPSA) is 39.7 Å². The van der Waals surface area contributed by atoms with Crippen LogP contribution in [0.15, 0.2) is 24.3 Å². The van der Waals surface area contributed by atoms with Crippen LogP contribution in [-0.4, -0.2) is 19.2 Å². The Hall–Kier alpha value is -5.48. The number of rotatable bonds is 25. The Morgan fingerprint density at radius 2 is 0.487 bits per heavy atom. The Bertz CT molecular complexity index is 2370. The van der Waals surface area contributed by atoms with Gasteiger partial charge in [-0.15, -0.1) is 21.9 Å². The molecule has 0 heterocycles. The van der Waals surface area contributed by atoms with Gasteiger partial charge < -0.3 is 11.1 Å². The minimum Gasteiger partial charge on any atom is -0.371 e. The van der Waals surface area contributed by atoms with Gasteiger partial charge in [0, 0.05) is 18.8 Å². The van der Waals surface area contributed by atoms with E-state index in [1.807, 2.05) is 0 Å². The van der Waals surface area contributed by atoms with Crippen LogP contribution in [0.2, 0.25) is 0 Å². The second kappa shape index (κ2) is 29.3. The zero-order chi connectivity index (χ0) is 56.1. The summed E-state index contributed by atoms with van der Waals surface area (Å²) in [6.45, 7) is 9.34. The first-order chi connectivity index (χ1) is 35.5. The van der Waals surface area contributed by atoms with E-state index in [0.717, 1.165) is 0 Å². The van der Waals surface area contributed by atoms with Crippen molar-refractivity contribution >= 4 is 33.7 Å². The molecule has 0 bridgehead atoms. The molecule has 0 saturated heterocycles. The van der Waals surface area contributed by atoms with Gasteiger partial charge in [-0.3, -0.25) is 0 Å². The standard InChI is InChI=1S/C29H53N.C24BF20.H3N/c1-4-6-8-10-12-14-15-17-19-23-27-30(29-25-21-20-24-28(29)3)26-22-18-16-13-11-9-7-5-2;26-5-1(6(27)14(35)21(42)13(5)34)25(2-7(28)15(36)22(43)16(37)8(2)29,3-9(30)17(38)23(44)18(39)10(3)31)4-11(32)19(40)24(45)20(41)12(4)33;/h20-21,24-25H,4-19,22-23,26-27H2,1-3H3;;1H3/q;-1;/p+1. The highest BCUT2D eigenvalue weighted by Gasteiger charge is 2.52. The van der Waals surface area contributed by atoms with Crippen LogP contribution in [0.3, 0.4) is 0 Å². The Morgan fingerprint density at radius 3 is 0.711 bits per heavy atom. The van der Waals surface area contributed by atoms with Crippen LogP contribution in [0, 0.1) is 123 Å². The van der Waals surface area contributed by atoms with Crippen molar-refractivity contribution in [2.24, 2.45) is 0 Å². The molecule has 76 heavy (non-hydrogen) atoms. The molecule has 2 nitrogen and oxygen atoms in total. The van der Waals surface area contributed by atoms with Crippen molar-refractivity contribution in [3.63, 3.8) is 0 Å². The molecule has 0 aromatic heterocycles. The monoisotopic (exact) mass is 1110 g/mol. The molecule has 0 unspecified atom stereocenters. The molecule has 5 aromatic rings. The quantitative estimate of drug-likeness (QED) is 0.0204. The van der Waals surface area contributed by atoms with Gasteiger partial charge in [0.25, 0.3) is 0 Å². The maximum Gasteiger partial charge on any atom is 0.200 e. The number of nitrogens with zero attached hydrogens (tertiary/aromatic N) is 1. The summed E-state index contributed by atoms with van der Waals surface area (Å²) in [7, 11) is 0. The van der Waals surface area contributed by atoms with E-state index in [1.165, 1.54) is 140 Å². The molecule has 0 aliphatic heterocycles. The third kappa shape index (κ3) is 13.6. The van der Waals surface area contributed by atoms with Crippen molar-refractivity contribution in [3.05, 3.63) is 146 Å². The fourth-order valence-electron chi connectivity index (χ4n) is 9.37. The second-order valence-electron chi connectivity index (χ2n) is 18.2. The van der Waals surface area contributed by atoms with Crippen LogP contribution in [0.25, 0.3) is 0 Å². The zero-order valence-corrected chi connectivity index (χ0v) is 42.0. The van der Waals surface area contributed by atoms with Crippen LogP contribution in [0.5, 0.6) is 0 Å². The number of halogens is 20. The smallest absolute Gasteiger partial charge is 0.200 e. The molecule has 422 valence electrons. The van der Waals surface area contributed by atoms with Crippen molar-refractivity contribution < 1.29 is 87.8 Å². The zero-order valence-electron chi connectivity index (χ0n) is 42.0. The largest absolute Gasteiger partial charge is 0.371 e. The van der Waals surface area contributed by atoms with Crippen molar-refractivity contribution in [2.75, 3.05) is 18.0 Å². The Labute approximate surface area is 427 Å². The number of hydrogen-bond donors (Lipinski definition) is 1. The number of para-hydroxylation sites is 1. The lowest BCUT2D eigenvalue weighted by Gasteiger charge is -2.44. The molecule has 0 atom stereocenters. The summed E-state index contributed by atoms with van der Waals surface area (Å²) in [5, 5.41) is 0. The van der Waals surface area contributed by atoms with E-state index in [1.54, 1.807) is 0 Å². The molecule has 0 spiro atoms. The molecule has 5 aromatic carbocycles. The predicted molar refractivity (Wildman–Crippen MR) is 253 cm³/mol.